The average molecular weight is 293 g/mol. The van der Waals surface area contributed by atoms with E-state index in [4.69, 9.17) is 14.9 Å². The van der Waals surface area contributed by atoms with Crippen molar-refractivity contribution in [3.05, 3.63) is 47.2 Å². The van der Waals surface area contributed by atoms with Crippen molar-refractivity contribution in [2.75, 3.05) is 7.05 Å². The van der Waals surface area contributed by atoms with Crippen molar-refractivity contribution in [2.24, 2.45) is 0 Å². The largest absolute Gasteiger partial charge is 0.478 e. The number of carboxylic acid groups (broad SMARTS) is 2. The van der Waals surface area contributed by atoms with E-state index in [9.17, 15) is 14.4 Å². The maximum absolute atomic E-state index is 11.8. The molecule has 7 nitrogen and oxygen atoms in total. The van der Waals surface area contributed by atoms with Crippen molar-refractivity contribution in [1.82, 2.24) is 4.90 Å². The highest BCUT2D eigenvalue weighted by Crippen LogP contribution is 2.12. The summed E-state index contributed by atoms with van der Waals surface area (Å²) in [5, 5.41) is 17.9. The van der Waals surface area contributed by atoms with Crippen LogP contribution in [0.4, 0.5) is 4.79 Å². The quantitative estimate of drug-likeness (QED) is 0.801. The molecule has 0 fully saturated rings. The third-order valence-corrected chi connectivity index (χ3v) is 2.69. The van der Waals surface area contributed by atoms with E-state index in [1.807, 2.05) is 0 Å². The van der Waals surface area contributed by atoms with Crippen LogP contribution in [0, 0.1) is 0 Å². The van der Waals surface area contributed by atoms with Crippen LogP contribution in [0.2, 0.25) is 0 Å². The molecule has 0 aliphatic heterocycles. The average Bonchev–Trinajstić information content (AvgIpc) is 2.45. The Balaban J connectivity index is 2.83. The van der Waals surface area contributed by atoms with Crippen LogP contribution in [0.3, 0.4) is 0 Å². The van der Waals surface area contributed by atoms with Gasteiger partial charge in [-0.1, -0.05) is 30.3 Å². The molecule has 2 N–H and O–H groups in total. The van der Waals surface area contributed by atoms with Gasteiger partial charge < -0.3 is 14.9 Å². The van der Waals surface area contributed by atoms with E-state index in [0.717, 1.165) is 19.5 Å². The lowest BCUT2D eigenvalue weighted by Gasteiger charge is -2.18. The van der Waals surface area contributed by atoms with Crippen LogP contribution in [0.25, 0.3) is 0 Å². The van der Waals surface area contributed by atoms with E-state index in [1.54, 1.807) is 30.3 Å². The van der Waals surface area contributed by atoms with Crippen molar-refractivity contribution >= 4 is 18.0 Å². The molecule has 0 radical (unpaired) electrons. The van der Waals surface area contributed by atoms with Crippen LogP contribution in [0.15, 0.2) is 41.6 Å². The fraction of sp³-hybridized carbons (Fsp3) is 0.214. The number of carboxylic acids is 2. The topological polar surface area (TPSA) is 104 Å². The first-order valence-electron chi connectivity index (χ1n) is 5.96. The van der Waals surface area contributed by atoms with E-state index in [-0.39, 0.29) is 6.61 Å². The summed E-state index contributed by atoms with van der Waals surface area (Å²) in [5.41, 5.74) is -0.364. The third kappa shape index (κ3) is 4.34. The molecule has 0 unspecified atom stereocenters. The summed E-state index contributed by atoms with van der Waals surface area (Å²) >= 11 is 0. The van der Waals surface area contributed by atoms with Gasteiger partial charge in [0, 0.05) is 7.05 Å². The molecule has 7 heteroatoms. The van der Waals surface area contributed by atoms with Gasteiger partial charge in [-0.3, -0.25) is 4.90 Å². The zero-order valence-electron chi connectivity index (χ0n) is 11.6. The van der Waals surface area contributed by atoms with Gasteiger partial charge in [-0.05, 0) is 12.5 Å². The summed E-state index contributed by atoms with van der Waals surface area (Å²) < 4.78 is 4.95. The van der Waals surface area contributed by atoms with Gasteiger partial charge in [0.15, 0.2) is 0 Å². The summed E-state index contributed by atoms with van der Waals surface area (Å²) in [7, 11) is 1.14. The number of carbonyl (C=O) groups is 3. The third-order valence-electron chi connectivity index (χ3n) is 2.69. The second-order valence-electron chi connectivity index (χ2n) is 4.18. The van der Waals surface area contributed by atoms with Crippen molar-refractivity contribution in [2.45, 2.75) is 13.5 Å². The lowest BCUT2D eigenvalue weighted by molar-refractivity contribution is -0.137. The number of benzene rings is 1. The summed E-state index contributed by atoms with van der Waals surface area (Å²) in [6, 6.07) is 8.82. The molecule has 0 aliphatic carbocycles. The van der Waals surface area contributed by atoms with Crippen molar-refractivity contribution < 1.29 is 29.3 Å². The highest BCUT2D eigenvalue weighted by molar-refractivity contribution is 6.00. The van der Waals surface area contributed by atoms with Gasteiger partial charge in [-0.15, -0.1) is 0 Å². The lowest BCUT2D eigenvalue weighted by atomic mass is 10.2. The van der Waals surface area contributed by atoms with E-state index in [2.05, 4.69) is 0 Å². The monoisotopic (exact) mass is 293 g/mol. The zero-order chi connectivity index (χ0) is 16.0. The van der Waals surface area contributed by atoms with Crippen molar-refractivity contribution in [1.29, 1.82) is 0 Å². The Labute approximate surface area is 121 Å². The first-order chi connectivity index (χ1) is 9.84. The first-order valence-corrected chi connectivity index (χ1v) is 5.96. The number of carbonyl (C=O) groups excluding carboxylic acids is 1. The molecule has 1 rings (SSSR count). The number of amides is 1. The molecule has 21 heavy (non-hydrogen) atoms. The summed E-state index contributed by atoms with van der Waals surface area (Å²) in [6.07, 6.45) is -0.947. The Morgan fingerprint density at radius 2 is 1.67 bits per heavy atom. The van der Waals surface area contributed by atoms with Gasteiger partial charge in [0.25, 0.3) is 0 Å². The molecule has 1 aromatic carbocycles. The first kappa shape index (κ1) is 16.2. The van der Waals surface area contributed by atoms with Crippen molar-refractivity contribution in [3.63, 3.8) is 0 Å². The Hall–Kier alpha value is -2.83. The van der Waals surface area contributed by atoms with Gasteiger partial charge in [-0.25, -0.2) is 14.4 Å². The minimum absolute atomic E-state index is 0.0387. The fourth-order valence-corrected chi connectivity index (χ4v) is 1.56. The van der Waals surface area contributed by atoms with Crippen LogP contribution in [0.1, 0.15) is 12.5 Å². The number of ether oxygens (including phenoxy) is 1. The second-order valence-corrected chi connectivity index (χ2v) is 4.18. The second kappa shape index (κ2) is 7.09. The highest BCUT2D eigenvalue weighted by Gasteiger charge is 2.25. The van der Waals surface area contributed by atoms with Gasteiger partial charge in [0.05, 0.1) is 5.57 Å². The maximum atomic E-state index is 11.8. The molecule has 0 saturated heterocycles. The van der Waals surface area contributed by atoms with Crippen LogP contribution in [-0.4, -0.2) is 40.2 Å². The van der Waals surface area contributed by atoms with Crippen LogP contribution in [-0.2, 0) is 20.9 Å². The predicted molar refractivity (Wildman–Crippen MR) is 72.4 cm³/mol. The molecule has 0 bridgehead atoms. The highest BCUT2D eigenvalue weighted by atomic mass is 16.6. The minimum Gasteiger partial charge on any atom is -0.478 e. The maximum Gasteiger partial charge on any atom is 0.414 e. The number of nitrogens with zero attached hydrogens (tertiary/aromatic N) is 1. The van der Waals surface area contributed by atoms with E-state index < -0.39 is 29.3 Å². The van der Waals surface area contributed by atoms with Gasteiger partial charge in [0.1, 0.15) is 12.3 Å². The Morgan fingerprint density at radius 1 is 1.10 bits per heavy atom. The Kier molecular flexibility index (Phi) is 5.48. The predicted octanol–water partition coefficient (Wildman–Crippen LogP) is 1.70. The van der Waals surface area contributed by atoms with Gasteiger partial charge in [0.2, 0.25) is 0 Å². The number of likely N-dealkylation sites (N-methyl/N-ethyl adjacent to an activating group) is 1. The molecule has 112 valence electrons. The van der Waals surface area contributed by atoms with Crippen molar-refractivity contribution in [3.8, 4) is 0 Å². The molecule has 1 amide bonds. The summed E-state index contributed by atoms with van der Waals surface area (Å²) in [6.45, 7) is 1.07. The molecular formula is C14H15NO6. The number of aliphatic carboxylic acids is 2. The van der Waals surface area contributed by atoms with E-state index in [0.29, 0.717) is 4.90 Å². The summed E-state index contributed by atoms with van der Waals surface area (Å²) in [4.78, 5) is 34.4. The Morgan fingerprint density at radius 3 is 2.14 bits per heavy atom. The molecule has 0 heterocycles. The molecular weight excluding hydrogens is 278 g/mol. The standard InChI is InChI=1S/C14H15NO6/c1-9(12(16)17)11(13(18)19)15(2)14(20)21-8-10-6-4-3-5-7-10/h3-7H,8H2,1-2H3,(H,16,17)(H,18,19)/b11-9+. The fourth-order valence-electron chi connectivity index (χ4n) is 1.56. The zero-order valence-corrected chi connectivity index (χ0v) is 11.6. The number of hydrogen-bond acceptors (Lipinski definition) is 4. The lowest BCUT2D eigenvalue weighted by Crippen LogP contribution is -2.32. The molecule has 0 spiro atoms. The smallest absolute Gasteiger partial charge is 0.414 e. The molecule has 0 atom stereocenters. The minimum atomic E-state index is -1.52. The van der Waals surface area contributed by atoms with E-state index in [1.165, 1.54) is 0 Å². The molecule has 0 aromatic heterocycles. The Bertz CT molecular complexity index is 578. The van der Waals surface area contributed by atoms with Crippen LogP contribution in [0.5, 0.6) is 0 Å². The van der Waals surface area contributed by atoms with Crippen LogP contribution >= 0.6 is 0 Å². The van der Waals surface area contributed by atoms with Gasteiger partial charge in [-0.2, -0.15) is 0 Å². The molecule has 1 aromatic rings. The SMILES string of the molecule is C/C(C(=O)O)=C(/C(=O)O)N(C)C(=O)OCc1ccccc1. The number of rotatable bonds is 5. The number of hydrogen-bond donors (Lipinski definition) is 2. The van der Waals surface area contributed by atoms with E-state index >= 15 is 0 Å². The van der Waals surface area contributed by atoms with Gasteiger partial charge >= 0.3 is 18.0 Å². The summed E-state index contributed by atoms with van der Waals surface area (Å²) in [5.74, 6) is -2.94. The molecule has 0 aliphatic rings. The molecule has 0 saturated carbocycles. The normalized spacial score (nSPS) is 11.3. The van der Waals surface area contributed by atoms with Crippen LogP contribution < -0.4 is 0 Å².